The van der Waals surface area contributed by atoms with Crippen LogP contribution in [0.3, 0.4) is 0 Å². The number of carbonyl (C=O) groups excluding carboxylic acids is 1. The van der Waals surface area contributed by atoms with E-state index in [9.17, 15) is 4.79 Å². The number of hydrogen-bond donors (Lipinski definition) is 1. The molecule has 2 aromatic carbocycles. The van der Waals surface area contributed by atoms with E-state index in [1.165, 1.54) is 5.56 Å². The highest BCUT2D eigenvalue weighted by Crippen LogP contribution is 2.54. The second-order valence-corrected chi connectivity index (χ2v) is 7.07. The van der Waals surface area contributed by atoms with Crippen LogP contribution in [-0.2, 0) is 12.1 Å². The molecule has 2 atom stereocenters. The second-order valence-electron chi connectivity index (χ2n) is 7.07. The molecule has 2 aliphatic rings. The maximum Gasteiger partial charge on any atom is 0.205 e. The lowest BCUT2D eigenvalue weighted by Gasteiger charge is -2.41. The minimum Gasteiger partial charge on any atom is -0.497 e. The first-order valence-electron chi connectivity index (χ1n) is 8.71. The molecule has 1 aromatic heterocycles. The molecule has 2 unspecified atom stereocenters. The molecule has 5 rings (SSSR count). The number of nitrogens with zero attached hydrogens (tertiary/aromatic N) is 2. The summed E-state index contributed by atoms with van der Waals surface area (Å²) in [5, 5.41) is 7.08. The maximum absolute atomic E-state index is 13.4. The van der Waals surface area contributed by atoms with Crippen molar-refractivity contribution in [3.63, 3.8) is 0 Å². The molecule has 5 heteroatoms. The smallest absolute Gasteiger partial charge is 0.205 e. The van der Waals surface area contributed by atoms with Crippen LogP contribution >= 0.6 is 0 Å². The van der Waals surface area contributed by atoms with Gasteiger partial charge in [-0.3, -0.25) is 14.8 Å². The SMILES string of the molecule is COc1ccc(CN2C3c4ccccc4C2(C)C(=O)c2[nH]ncc23)cc1. The summed E-state index contributed by atoms with van der Waals surface area (Å²) in [5.74, 6) is 0.915. The van der Waals surface area contributed by atoms with Gasteiger partial charge in [-0.15, -0.1) is 0 Å². The summed E-state index contributed by atoms with van der Waals surface area (Å²) in [4.78, 5) is 15.7. The predicted octanol–water partition coefficient (Wildman–Crippen LogP) is 3.44. The quantitative estimate of drug-likeness (QED) is 0.790. The average Bonchev–Trinajstić information content (AvgIpc) is 3.23. The molecule has 26 heavy (non-hydrogen) atoms. The molecule has 2 bridgehead atoms. The molecule has 0 radical (unpaired) electrons. The van der Waals surface area contributed by atoms with Gasteiger partial charge in [-0.05, 0) is 35.7 Å². The summed E-state index contributed by atoms with van der Waals surface area (Å²) in [7, 11) is 1.66. The number of aromatic amines is 1. The Bertz CT molecular complexity index is 1010. The van der Waals surface area contributed by atoms with Crippen molar-refractivity contribution in [2.24, 2.45) is 0 Å². The zero-order valence-electron chi connectivity index (χ0n) is 14.7. The predicted molar refractivity (Wildman–Crippen MR) is 97.1 cm³/mol. The van der Waals surface area contributed by atoms with E-state index in [2.05, 4.69) is 39.4 Å². The van der Waals surface area contributed by atoms with Gasteiger partial charge in [0.2, 0.25) is 5.78 Å². The lowest BCUT2D eigenvalue weighted by atomic mass is 9.84. The zero-order chi connectivity index (χ0) is 17.9. The lowest BCUT2D eigenvalue weighted by Crippen LogP contribution is -2.49. The number of fused-ring (bicyclic) bond motifs is 7. The summed E-state index contributed by atoms with van der Waals surface area (Å²) in [6.07, 6.45) is 1.79. The number of H-pyrrole nitrogens is 1. The van der Waals surface area contributed by atoms with E-state index in [1.807, 2.05) is 31.2 Å². The molecular weight excluding hydrogens is 326 g/mol. The van der Waals surface area contributed by atoms with Crippen LogP contribution in [0.5, 0.6) is 5.75 Å². The van der Waals surface area contributed by atoms with Crippen molar-refractivity contribution in [3.8, 4) is 5.75 Å². The molecule has 0 saturated carbocycles. The maximum atomic E-state index is 13.4. The number of ether oxygens (including phenoxy) is 1. The van der Waals surface area contributed by atoms with Crippen molar-refractivity contribution in [3.05, 3.63) is 82.7 Å². The van der Waals surface area contributed by atoms with E-state index in [4.69, 9.17) is 4.74 Å². The molecule has 1 N–H and O–H groups in total. The summed E-state index contributed by atoms with van der Waals surface area (Å²) < 4.78 is 5.26. The summed E-state index contributed by atoms with van der Waals surface area (Å²) in [6.45, 7) is 2.71. The average molecular weight is 345 g/mol. The van der Waals surface area contributed by atoms with Gasteiger partial charge in [-0.2, -0.15) is 5.10 Å². The largest absolute Gasteiger partial charge is 0.497 e. The summed E-state index contributed by atoms with van der Waals surface area (Å²) >= 11 is 0. The number of hydrogen-bond acceptors (Lipinski definition) is 4. The fourth-order valence-electron chi connectivity index (χ4n) is 4.45. The van der Waals surface area contributed by atoms with Crippen molar-refractivity contribution in [2.75, 3.05) is 7.11 Å². The molecule has 0 saturated heterocycles. The summed E-state index contributed by atoms with van der Waals surface area (Å²) in [6, 6.07) is 16.3. The van der Waals surface area contributed by atoms with Crippen LogP contribution in [-0.4, -0.2) is 28.0 Å². The molecular formula is C21H19N3O2. The number of Topliss-reactive ketones (excluding diaryl/α,β-unsaturated/α-hetero) is 1. The van der Waals surface area contributed by atoms with E-state index < -0.39 is 5.54 Å². The molecule has 130 valence electrons. The van der Waals surface area contributed by atoms with Gasteiger partial charge in [0.25, 0.3) is 0 Å². The number of ketones is 1. The Kier molecular flexibility index (Phi) is 3.12. The van der Waals surface area contributed by atoms with Gasteiger partial charge in [-0.25, -0.2) is 0 Å². The first kappa shape index (κ1) is 15.3. The van der Waals surface area contributed by atoms with Crippen LogP contribution in [0.4, 0.5) is 0 Å². The van der Waals surface area contributed by atoms with Crippen LogP contribution in [0, 0.1) is 0 Å². The number of methoxy groups -OCH3 is 1. The highest BCUT2D eigenvalue weighted by Gasteiger charge is 2.57. The zero-order valence-corrected chi connectivity index (χ0v) is 14.7. The fraction of sp³-hybridized carbons (Fsp3) is 0.238. The van der Waals surface area contributed by atoms with E-state index >= 15 is 0 Å². The van der Waals surface area contributed by atoms with Gasteiger partial charge in [-0.1, -0.05) is 36.4 Å². The minimum atomic E-state index is -0.694. The van der Waals surface area contributed by atoms with Gasteiger partial charge in [0, 0.05) is 12.1 Å². The normalized spacial score (nSPS) is 23.6. The van der Waals surface area contributed by atoms with Gasteiger partial charge in [0.05, 0.1) is 19.3 Å². The van der Waals surface area contributed by atoms with Crippen LogP contribution in [0.15, 0.2) is 54.7 Å². The third kappa shape index (κ3) is 1.83. The number of benzene rings is 2. The van der Waals surface area contributed by atoms with Crippen LogP contribution in [0.1, 0.15) is 45.7 Å². The van der Waals surface area contributed by atoms with Crippen LogP contribution in [0.2, 0.25) is 0 Å². The van der Waals surface area contributed by atoms with E-state index in [-0.39, 0.29) is 11.8 Å². The number of nitrogens with one attached hydrogen (secondary N) is 1. The molecule has 2 aliphatic heterocycles. The van der Waals surface area contributed by atoms with Crippen LogP contribution < -0.4 is 4.74 Å². The highest BCUT2D eigenvalue weighted by atomic mass is 16.5. The van der Waals surface area contributed by atoms with E-state index in [0.29, 0.717) is 12.2 Å². The Balaban J connectivity index is 1.65. The molecule has 3 aromatic rings. The second kappa shape index (κ2) is 5.29. The number of aromatic nitrogens is 2. The van der Waals surface area contributed by atoms with Crippen molar-refractivity contribution in [1.82, 2.24) is 15.1 Å². The van der Waals surface area contributed by atoms with Crippen molar-refractivity contribution in [2.45, 2.75) is 25.0 Å². The molecule has 0 fully saturated rings. The lowest BCUT2D eigenvalue weighted by molar-refractivity contribution is 0.0470. The van der Waals surface area contributed by atoms with E-state index in [1.54, 1.807) is 13.3 Å². The number of carbonyl (C=O) groups is 1. The van der Waals surface area contributed by atoms with Gasteiger partial charge >= 0.3 is 0 Å². The Morgan fingerprint density at radius 3 is 2.69 bits per heavy atom. The Labute approximate surface area is 151 Å². The molecule has 0 amide bonds. The monoisotopic (exact) mass is 345 g/mol. The first-order valence-corrected chi connectivity index (χ1v) is 8.71. The highest BCUT2D eigenvalue weighted by molar-refractivity contribution is 6.06. The minimum absolute atomic E-state index is 0.0322. The molecule has 0 aliphatic carbocycles. The molecule has 3 heterocycles. The van der Waals surface area contributed by atoms with Gasteiger partial charge in [0.1, 0.15) is 17.0 Å². The van der Waals surface area contributed by atoms with Crippen LogP contribution in [0.25, 0.3) is 0 Å². The fourth-order valence-corrected chi connectivity index (χ4v) is 4.45. The standard InChI is InChI=1S/C21H19N3O2/c1-21-17-6-4-3-5-15(17)19(16-11-22-23-18(16)20(21)25)24(21)12-13-7-9-14(26-2)10-8-13/h3-11,19H,12H2,1-2H3,(H,22,23). The summed E-state index contributed by atoms with van der Waals surface area (Å²) in [5.41, 5.74) is 4.34. The Morgan fingerprint density at radius 2 is 1.92 bits per heavy atom. The van der Waals surface area contributed by atoms with Gasteiger partial charge in [0.15, 0.2) is 0 Å². The van der Waals surface area contributed by atoms with Crippen molar-refractivity contribution < 1.29 is 9.53 Å². The topological polar surface area (TPSA) is 58.2 Å². The third-order valence-corrected chi connectivity index (χ3v) is 5.81. The van der Waals surface area contributed by atoms with Gasteiger partial charge < -0.3 is 4.74 Å². The Hall–Kier alpha value is -2.92. The Morgan fingerprint density at radius 1 is 1.15 bits per heavy atom. The number of rotatable bonds is 3. The van der Waals surface area contributed by atoms with Crippen molar-refractivity contribution >= 4 is 5.78 Å². The van der Waals surface area contributed by atoms with E-state index in [0.717, 1.165) is 22.4 Å². The first-order chi connectivity index (χ1) is 12.6. The third-order valence-electron chi connectivity index (χ3n) is 5.81. The molecule has 0 spiro atoms. The van der Waals surface area contributed by atoms with Crippen molar-refractivity contribution in [1.29, 1.82) is 0 Å². The molecule has 5 nitrogen and oxygen atoms in total.